The van der Waals surface area contributed by atoms with Crippen LogP contribution in [0.1, 0.15) is 26.6 Å². The predicted octanol–water partition coefficient (Wildman–Crippen LogP) is 0.455. The molecule has 0 aliphatic rings. The summed E-state index contributed by atoms with van der Waals surface area (Å²) in [5.74, 6) is 0.867. The largest absolute Gasteiger partial charge is 0.383 e. The van der Waals surface area contributed by atoms with Crippen molar-refractivity contribution >= 4 is 0 Å². The molecule has 0 fully saturated rings. The van der Waals surface area contributed by atoms with Gasteiger partial charge in [-0.25, -0.2) is 4.68 Å². The zero-order valence-electron chi connectivity index (χ0n) is 10.5. The Morgan fingerprint density at radius 2 is 2.12 bits per heavy atom. The number of methoxy groups -OCH3 is 1. The van der Waals surface area contributed by atoms with E-state index in [0.717, 1.165) is 18.9 Å². The van der Waals surface area contributed by atoms with Crippen molar-refractivity contribution in [3.8, 4) is 0 Å². The molecule has 0 spiro atoms. The van der Waals surface area contributed by atoms with E-state index in [1.165, 1.54) is 0 Å². The number of hydrogen-bond donors (Lipinski definition) is 1. The minimum atomic E-state index is 0.177. The van der Waals surface area contributed by atoms with Crippen LogP contribution in [0.5, 0.6) is 0 Å². The lowest BCUT2D eigenvalue weighted by molar-refractivity contribution is 0.198. The quantitative estimate of drug-likeness (QED) is 0.715. The van der Waals surface area contributed by atoms with Crippen molar-refractivity contribution in [2.75, 3.05) is 20.3 Å². The van der Waals surface area contributed by atoms with Gasteiger partial charge in [-0.2, -0.15) is 0 Å². The molecule has 0 unspecified atom stereocenters. The van der Waals surface area contributed by atoms with Gasteiger partial charge in [0, 0.05) is 20.2 Å². The summed E-state index contributed by atoms with van der Waals surface area (Å²) in [6.07, 6.45) is 0. The fourth-order valence-electron chi connectivity index (χ4n) is 1.30. The Kier molecular flexibility index (Phi) is 4.82. The summed E-state index contributed by atoms with van der Waals surface area (Å²) in [4.78, 5) is 0. The summed E-state index contributed by atoms with van der Waals surface area (Å²) >= 11 is 0. The van der Waals surface area contributed by atoms with Gasteiger partial charge in [-0.3, -0.25) is 0 Å². The highest BCUT2D eigenvalue weighted by atomic mass is 16.5. The van der Waals surface area contributed by atoms with E-state index in [-0.39, 0.29) is 5.41 Å². The third-order valence-corrected chi connectivity index (χ3v) is 2.00. The van der Waals surface area contributed by atoms with Gasteiger partial charge in [0.15, 0.2) is 5.82 Å². The first kappa shape index (κ1) is 13.1. The van der Waals surface area contributed by atoms with Gasteiger partial charge in [-0.1, -0.05) is 20.8 Å². The SMILES string of the molecule is COCCNCc1nnnn1CC(C)(C)C. The molecule has 1 heterocycles. The van der Waals surface area contributed by atoms with E-state index in [9.17, 15) is 0 Å². The summed E-state index contributed by atoms with van der Waals surface area (Å²) in [5.41, 5.74) is 0.177. The zero-order chi connectivity index (χ0) is 12.0. The molecule has 1 aromatic rings. The average Bonchev–Trinajstić information content (AvgIpc) is 2.58. The molecule has 0 saturated carbocycles. The van der Waals surface area contributed by atoms with Crippen molar-refractivity contribution in [2.45, 2.75) is 33.9 Å². The molecule has 0 aliphatic carbocycles. The maximum Gasteiger partial charge on any atom is 0.165 e. The van der Waals surface area contributed by atoms with Crippen molar-refractivity contribution in [1.82, 2.24) is 25.5 Å². The van der Waals surface area contributed by atoms with Gasteiger partial charge < -0.3 is 10.1 Å². The van der Waals surface area contributed by atoms with Gasteiger partial charge in [-0.05, 0) is 15.8 Å². The number of ether oxygens (including phenoxy) is 1. The highest BCUT2D eigenvalue weighted by molar-refractivity contribution is 4.81. The summed E-state index contributed by atoms with van der Waals surface area (Å²) in [6, 6.07) is 0. The molecule has 0 aromatic carbocycles. The number of hydrogen-bond acceptors (Lipinski definition) is 5. The molecule has 1 N–H and O–H groups in total. The molecule has 1 rings (SSSR count). The van der Waals surface area contributed by atoms with Gasteiger partial charge in [0.1, 0.15) is 0 Å². The maximum atomic E-state index is 4.95. The summed E-state index contributed by atoms with van der Waals surface area (Å²) in [7, 11) is 1.69. The third-order valence-electron chi connectivity index (χ3n) is 2.00. The Hall–Kier alpha value is -1.01. The van der Waals surface area contributed by atoms with Crippen molar-refractivity contribution in [1.29, 1.82) is 0 Å². The predicted molar refractivity (Wildman–Crippen MR) is 60.9 cm³/mol. The van der Waals surface area contributed by atoms with Gasteiger partial charge in [0.05, 0.1) is 13.2 Å². The molecule has 92 valence electrons. The van der Waals surface area contributed by atoms with E-state index >= 15 is 0 Å². The van der Waals surface area contributed by atoms with Crippen LogP contribution in [0.3, 0.4) is 0 Å². The van der Waals surface area contributed by atoms with Crippen LogP contribution in [0.2, 0.25) is 0 Å². The minimum Gasteiger partial charge on any atom is -0.383 e. The van der Waals surface area contributed by atoms with Gasteiger partial charge in [0.2, 0.25) is 0 Å². The lowest BCUT2D eigenvalue weighted by atomic mass is 9.97. The summed E-state index contributed by atoms with van der Waals surface area (Å²) < 4.78 is 6.80. The molecule has 0 amide bonds. The molecule has 1 aromatic heterocycles. The van der Waals surface area contributed by atoms with E-state index < -0.39 is 0 Å². The van der Waals surface area contributed by atoms with Crippen LogP contribution in [-0.2, 0) is 17.8 Å². The van der Waals surface area contributed by atoms with E-state index in [1.807, 2.05) is 4.68 Å². The maximum absolute atomic E-state index is 4.95. The van der Waals surface area contributed by atoms with Crippen molar-refractivity contribution < 1.29 is 4.74 Å². The van der Waals surface area contributed by atoms with Crippen molar-refractivity contribution in [3.05, 3.63) is 5.82 Å². The van der Waals surface area contributed by atoms with E-state index in [0.29, 0.717) is 13.2 Å². The van der Waals surface area contributed by atoms with Crippen LogP contribution in [0.15, 0.2) is 0 Å². The van der Waals surface area contributed by atoms with E-state index in [1.54, 1.807) is 7.11 Å². The highest BCUT2D eigenvalue weighted by Crippen LogP contribution is 2.15. The molecular formula is C10H21N5O. The average molecular weight is 227 g/mol. The first-order valence-corrected chi connectivity index (χ1v) is 5.47. The molecule has 0 bridgehead atoms. The van der Waals surface area contributed by atoms with Crippen LogP contribution in [-0.4, -0.2) is 40.5 Å². The van der Waals surface area contributed by atoms with Crippen LogP contribution >= 0.6 is 0 Å². The Labute approximate surface area is 96.4 Å². The summed E-state index contributed by atoms with van der Waals surface area (Å²) in [5, 5.41) is 14.9. The van der Waals surface area contributed by atoms with Gasteiger partial charge >= 0.3 is 0 Å². The number of nitrogens with zero attached hydrogens (tertiary/aromatic N) is 4. The fourth-order valence-corrected chi connectivity index (χ4v) is 1.30. The Morgan fingerprint density at radius 3 is 2.75 bits per heavy atom. The normalized spacial score (nSPS) is 12.0. The van der Waals surface area contributed by atoms with Crippen LogP contribution in [0.4, 0.5) is 0 Å². The van der Waals surface area contributed by atoms with E-state index in [4.69, 9.17) is 4.74 Å². The summed E-state index contributed by atoms with van der Waals surface area (Å²) in [6.45, 7) is 9.48. The molecule has 0 radical (unpaired) electrons. The Balaban J connectivity index is 2.44. The monoisotopic (exact) mass is 227 g/mol. The van der Waals surface area contributed by atoms with Crippen LogP contribution < -0.4 is 5.32 Å². The number of nitrogens with one attached hydrogen (secondary N) is 1. The first-order chi connectivity index (χ1) is 7.53. The molecule has 16 heavy (non-hydrogen) atoms. The van der Waals surface area contributed by atoms with Gasteiger partial charge in [0.25, 0.3) is 0 Å². The molecule has 6 nitrogen and oxygen atoms in total. The number of rotatable bonds is 6. The second-order valence-corrected chi connectivity index (χ2v) is 4.98. The Morgan fingerprint density at radius 1 is 1.38 bits per heavy atom. The van der Waals surface area contributed by atoms with Crippen LogP contribution in [0, 0.1) is 5.41 Å². The molecular weight excluding hydrogens is 206 g/mol. The zero-order valence-corrected chi connectivity index (χ0v) is 10.5. The smallest absolute Gasteiger partial charge is 0.165 e. The minimum absolute atomic E-state index is 0.177. The fraction of sp³-hybridized carbons (Fsp3) is 0.900. The second-order valence-electron chi connectivity index (χ2n) is 4.98. The van der Waals surface area contributed by atoms with E-state index in [2.05, 4.69) is 41.6 Å². The molecule has 0 aliphatic heterocycles. The molecule has 6 heteroatoms. The Bertz CT molecular complexity index is 304. The standard InChI is InChI=1S/C10H21N5O/c1-10(2,3)8-15-9(12-13-14-15)7-11-5-6-16-4/h11H,5-8H2,1-4H3. The van der Waals surface area contributed by atoms with Crippen molar-refractivity contribution in [2.24, 2.45) is 5.41 Å². The lowest BCUT2D eigenvalue weighted by Gasteiger charge is -2.18. The highest BCUT2D eigenvalue weighted by Gasteiger charge is 2.15. The third kappa shape index (κ3) is 4.67. The molecule has 0 atom stereocenters. The number of aromatic nitrogens is 4. The number of tetrazole rings is 1. The molecule has 0 saturated heterocycles. The lowest BCUT2D eigenvalue weighted by Crippen LogP contribution is -2.24. The van der Waals surface area contributed by atoms with Gasteiger partial charge in [-0.15, -0.1) is 5.10 Å². The first-order valence-electron chi connectivity index (χ1n) is 5.47. The second kappa shape index (κ2) is 5.91. The topological polar surface area (TPSA) is 64.9 Å². The van der Waals surface area contributed by atoms with Crippen molar-refractivity contribution in [3.63, 3.8) is 0 Å². The van der Waals surface area contributed by atoms with Crippen LogP contribution in [0.25, 0.3) is 0 Å².